The molecule has 1 amide bonds. The molecule has 0 saturated carbocycles. The molecule has 0 aromatic heterocycles. The van der Waals surface area contributed by atoms with Crippen LogP contribution in [-0.4, -0.2) is 30.3 Å². The Balaban J connectivity index is 1.95. The predicted molar refractivity (Wildman–Crippen MR) is 94.4 cm³/mol. The van der Waals surface area contributed by atoms with Gasteiger partial charge in [-0.05, 0) is 31.0 Å². The second kappa shape index (κ2) is 9.23. The minimum absolute atomic E-state index is 0.262. The van der Waals surface area contributed by atoms with Crippen molar-refractivity contribution >= 4 is 29.3 Å². The first kappa shape index (κ1) is 20.5. The fourth-order valence-corrected chi connectivity index (χ4v) is 2.50. The summed E-state index contributed by atoms with van der Waals surface area (Å²) in [5, 5.41) is 2.13. The maximum atomic E-state index is 13.2. The monoisotopic (exact) mass is 395 g/mol. The average molecular weight is 396 g/mol. The van der Waals surface area contributed by atoms with Crippen LogP contribution in [0.4, 0.5) is 8.78 Å². The van der Waals surface area contributed by atoms with Crippen LogP contribution in [0.1, 0.15) is 22.8 Å². The largest absolute Gasteiger partial charge is 0.452 e. The molecule has 0 aliphatic heterocycles. The maximum absolute atomic E-state index is 13.2. The number of hydrogen-bond acceptors (Lipinski definition) is 4. The van der Waals surface area contributed by atoms with Crippen molar-refractivity contribution < 1.29 is 27.9 Å². The standard InChI is InChI=1S/C19H16ClF2NO4/c1-11(24)17(7-12-5-3-2-4-6-12)23-18(25)10-27-19(26)13-8-15(21)16(22)9-14(13)20/h2-6,8-9,17H,7,10H2,1H3,(H,23,25)/t17-/m1/s1. The van der Waals surface area contributed by atoms with E-state index in [0.717, 1.165) is 5.56 Å². The zero-order chi connectivity index (χ0) is 20.0. The first-order valence-electron chi connectivity index (χ1n) is 7.93. The van der Waals surface area contributed by atoms with E-state index in [2.05, 4.69) is 5.32 Å². The molecular formula is C19H16ClF2NO4. The van der Waals surface area contributed by atoms with E-state index in [9.17, 15) is 23.2 Å². The summed E-state index contributed by atoms with van der Waals surface area (Å²) in [4.78, 5) is 35.6. The van der Waals surface area contributed by atoms with E-state index >= 15 is 0 Å². The van der Waals surface area contributed by atoms with Crippen molar-refractivity contribution in [1.29, 1.82) is 0 Å². The highest BCUT2D eigenvalue weighted by Crippen LogP contribution is 2.20. The minimum atomic E-state index is -1.27. The van der Waals surface area contributed by atoms with Gasteiger partial charge in [0.2, 0.25) is 0 Å². The summed E-state index contributed by atoms with van der Waals surface area (Å²) in [7, 11) is 0. The van der Waals surface area contributed by atoms with Crippen molar-refractivity contribution in [3.63, 3.8) is 0 Å². The van der Waals surface area contributed by atoms with Crippen molar-refractivity contribution in [1.82, 2.24) is 5.32 Å². The van der Waals surface area contributed by atoms with Crippen LogP contribution in [0.2, 0.25) is 5.02 Å². The molecular weight excluding hydrogens is 380 g/mol. The summed E-state index contributed by atoms with van der Waals surface area (Å²) in [5.74, 6) is -4.54. The fourth-order valence-electron chi connectivity index (χ4n) is 2.27. The molecule has 2 aromatic rings. The second-order valence-corrected chi connectivity index (χ2v) is 6.15. The van der Waals surface area contributed by atoms with Gasteiger partial charge in [0.25, 0.3) is 5.91 Å². The number of rotatable bonds is 7. The molecule has 2 rings (SSSR count). The highest BCUT2D eigenvalue weighted by atomic mass is 35.5. The number of carbonyl (C=O) groups is 3. The lowest BCUT2D eigenvalue weighted by molar-refractivity contribution is -0.128. The van der Waals surface area contributed by atoms with Crippen LogP contribution >= 0.6 is 11.6 Å². The fraction of sp³-hybridized carbons (Fsp3) is 0.211. The van der Waals surface area contributed by atoms with Crippen molar-refractivity contribution in [2.75, 3.05) is 6.61 Å². The van der Waals surface area contributed by atoms with Crippen LogP contribution in [0, 0.1) is 11.6 Å². The molecule has 0 spiro atoms. The molecule has 0 aliphatic rings. The molecule has 0 aliphatic carbocycles. The Labute approximate surface area is 159 Å². The van der Waals surface area contributed by atoms with Gasteiger partial charge in [-0.25, -0.2) is 13.6 Å². The number of amides is 1. The summed E-state index contributed by atoms with van der Waals surface area (Å²) >= 11 is 5.68. The molecule has 142 valence electrons. The van der Waals surface area contributed by atoms with E-state index in [4.69, 9.17) is 16.3 Å². The Morgan fingerprint density at radius 1 is 1.11 bits per heavy atom. The lowest BCUT2D eigenvalue weighted by atomic mass is 10.0. The van der Waals surface area contributed by atoms with Gasteiger partial charge in [-0.1, -0.05) is 41.9 Å². The molecule has 1 atom stereocenters. The van der Waals surface area contributed by atoms with Gasteiger partial charge in [-0.15, -0.1) is 0 Å². The number of ether oxygens (including phenoxy) is 1. The quantitative estimate of drug-likeness (QED) is 0.577. The van der Waals surface area contributed by atoms with E-state index in [1.54, 1.807) is 0 Å². The van der Waals surface area contributed by atoms with Crippen LogP contribution in [0.5, 0.6) is 0 Å². The Morgan fingerprint density at radius 3 is 2.37 bits per heavy atom. The van der Waals surface area contributed by atoms with E-state index < -0.39 is 41.7 Å². The van der Waals surface area contributed by atoms with Crippen LogP contribution in [0.25, 0.3) is 0 Å². The number of hydrogen-bond donors (Lipinski definition) is 1. The van der Waals surface area contributed by atoms with E-state index in [0.29, 0.717) is 12.1 Å². The third-order valence-corrected chi connectivity index (χ3v) is 3.99. The van der Waals surface area contributed by atoms with Gasteiger partial charge in [-0.3, -0.25) is 9.59 Å². The van der Waals surface area contributed by atoms with Crippen molar-refractivity contribution in [2.24, 2.45) is 0 Å². The summed E-state index contributed by atoms with van der Waals surface area (Å²) in [6.45, 7) is 0.633. The molecule has 2 aromatic carbocycles. The molecule has 8 heteroatoms. The molecule has 0 unspecified atom stereocenters. The van der Waals surface area contributed by atoms with Crippen molar-refractivity contribution in [3.8, 4) is 0 Å². The summed E-state index contributed by atoms with van der Waals surface area (Å²) < 4.78 is 31.0. The normalized spacial score (nSPS) is 11.6. The number of Topliss-reactive ketones (excluding diaryl/α,β-unsaturated/α-hetero) is 1. The number of nitrogens with one attached hydrogen (secondary N) is 1. The zero-order valence-corrected chi connectivity index (χ0v) is 15.1. The molecule has 0 radical (unpaired) electrons. The zero-order valence-electron chi connectivity index (χ0n) is 14.3. The lowest BCUT2D eigenvalue weighted by Crippen LogP contribution is -2.43. The van der Waals surface area contributed by atoms with E-state index in [1.807, 2.05) is 30.3 Å². The molecule has 0 heterocycles. The number of halogens is 3. The Bertz CT molecular complexity index is 858. The molecule has 5 nitrogen and oxygen atoms in total. The average Bonchev–Trinajstić information content (AvgIpc) is 2.63. The molecule has 0 fully saturated rings. The number of esters is 1. The lowest BCUT2D eigenvalue weighted by Gasteiger charge is -2.16. The smallest absolute Gasteiger partial charge is 0.340 e. The second-order valence-electron chi connectivity index (χ2n) is 5.74. The van der Waals surface area contributed by atoms with E-state index in [1.165, 1.54) is 6.92 Å². The number of ketones is 1. The molecule has 27 heavy (non-hydrogen) atoms. The third-order valence-electron chi connectivity index (χ3n) is 3.67. The first-order chi connectivity index (χ1) is 12.8. The van der Waals surface area contributed by atoms with Gasteiger partial charge in [-0.2, -0.15) is 0 Å². The van der Waals surface area contributed by atoms with Gasteiger partial charge < -0.3 is 10.1 Å². The number of benzene rings is 2. The molecule has 1 N–H and O–H groups in total. The van der Waals surface area contributed by atoms with Crippen LogP contribution < -0.4 is 5.32 Å². The van der Waals surface area contributed by atoms with Gasteiger partial charge in [0.1, 0.15) is 0 Å². The van der Waals surface area contributed by atoms with Crippen LogP contribution in [-0.2, 0) is 20.7 Å². The van der Waals surface area contributed by atoms with Gasteiger partial charge in [0, 0.05) is 0 Å². The Hall–Kier alpha value is -2.80. The number of carbonyl (C=O) groups excluding carboxylic acids is 3. The van der Waals surface area contributed by atoms with Crippen LogP contribution in [0.15, 0.2) is 42.5 Å². The minimum Gasteiger partial charge on any atom is -0.452 e. The van der Waals surface area contributed by atoms with Gasteiger partial charge >= 0.3 is 5.97 Å². The predicted octanol–water partition coefficient (Wildman–Crippen LogP) is 3.09. The summed E-state index contributed by atoms with van der Waals surface area (Å²) in [6.07, 6.45) is 0.283. The van der Waals surface area contributed by atoms with Gasteiger partial charge in [0.05, 0.1) is 16.6 Å². The first-order valence-corrected chi connectivity index (χ1v) is 8.31. The maximum Gasteiger partial charge on any atom is 0.340 e. The van der Waals surface area contributed by atoms with Crippen molar-refractivity contribution in [2.45, 2.75) is 19.4 Å². The molecule has 0 bridgehead atoms. The molecule has 0 saturated heterocycles. The highest BCUT2D eigenvalue weighted by molar-refractivity contribution is 6.33. The highest BCUT2D eigenvalue weighted by Gasteiger charge is 2.20. The van der Waals surface area contributed by atoms with E-state index in [-0.39, 0.29) is 17.2 Å². The summed E-state index contributed by atoms with van der Waals surface area (Å²) in [6, 6.07) is 9.51. The Morgan fingerprint density at radius 2 is 1.74 bits per heavy atom. The summed E-state index contributed by atoms with van der Waals surface area (Å²) in [5.41, 5.74) is 0.444. The third kappa shape index (κ3) is 5.86. The Kier molecular flexibility index (Phi) is 7.01. The van der Waals surface area contributed by atoms with Gasteiger partial charge in [0.15, 0.2) is 24.0 Å². The van der Waals surface area contributed by atoms with Crippen LogP contribution in [0.3, 0.4) is 0 Å². The SMILES string of the molecule is CC(=O)[C@@H](Cc1ccccc1)NC(=O)COC(=O)c1cc(F)c(F)cc1Cl. The van der Waals surface area contributed by atoms with Crippen molar-refractivity contribution in [3.05, 3.63) is 70.2 Å². The topological polar surface area (TPSA) is 72.5 Å².